The lowest BCUT2D eigenvalue weighted by atomic mass is 10.3. The second-order valence-corrected chi connectivity index (χ2v) is 7.17. The van der Waals surface area contributed by atoms with E-state index in [-0.39, 0.29) is 18.2 Å². The van der Waals surface area contributed by atoms with Gasteiger partial charge in [-0.2, -0.15) is 4.31 Å². The number of hydrogen-bond donors (Lipinski definition) is 0. The van der Waals surface area contributed by atoms with Gasteiger partial charge in [-0.05, 0) is 18.6 Å². The molecular weight excluding hydrogens is 324 g/mol. The SMILES string of the molecule is COC(=O)N1CCCN(S(=O)(=O)c2ccc3c(c2)OCO3)CC1. The molecule has 0 aliphatic carbocycles. The average Bonchev–Trinajstić information content (AvgIpc) is 2.87. The number of rotatable bonds is 2. The molecule has 0 atom stereocenters. The Morgan fingerprint density at radius 3 is 2.70 bits per heavy atom. The van der Waals surface area contributed by atoms with Gasteiger partial charge in [0, 0.05) is 32.2 Å². The largest absolute Gasteiger partial charge is 0.454 e. The van der Waals surface area contributed by atoms with Gasteiger partial charge in [-0.1, -0.05) is 0 Å². The van der Waals surface area contributed by atoms with Crippen LogP contribution in [0.1, 0.15) is 6.42 Å². The van der Waals surface area contributed by atoms with Gasteiger partial charge in [0.2, 0.25) is 16.8 Å². The number of benzene rings is 1. The highest BCUT2D eigenvalue weighted by Crippen LogP contribution is 2.34. The minimum atomic E-state index is -3.64. The van der Waals surface area contributed by atoms with Crippen LogP contribution in [0.5, 0.6) is 11.5 Å². The average molecular weight is 342 g/mol. The van der Waals surface area contributed by atoms with Crippen LogP contribution in [0.25, 0.3) is 0 Å². The Morgan fingerprint density at radius 1 is 1.13 bits per heavy atom. The van der Waals surface area contributed by atoms with Crippen LogP contribution < -0.4 is 9.47 Å². The molecular formula is C14H18N2O6S. The second kappa shape index (κ2) is 6.25. The molecule has 1 aromatic carbocycles. The van der Waals surface area contributed by atoms with E-state index < -0.39 is 16.1 Å². The minimum absolute atomic E-state index is 0.0939. The van der Waals surface area contributed by atoms with Gasteiger partial charge < -0.3 is 19.1 Å². The fourth-order valence-electron chi connectivity index (χ4n) is 2.63. The first-order chi connectivity index (χ1) is 11.0. The zero-order chi connectivity index (χ0) is 16.4. The summed E-state index contributed by atoms with van der Waals surface area (Å²) in [4.78, 5) is 13.2. The van der Waals surface area contributed by atoms with E-state index in [0.29, 0.717) is 37.6 Å². The summed E-state index contributed by atoms with van der Waals surface area (Å²) in [7, 11) is -2.33. The molecule has 2 heterocycles. The Balaban J connectivity index is 1.78. The third-order valence-electron chi connectivity index (χ3n) is 3.87. The molecule has 0 bridgehead atoms. The maximum Gasteiger partial charge on any atom is 0.409 e. The molecule has 3 rings (SSSR count). The standard InChI is InChI=1S/C14H18N2O6S/c1-20-14(17)15-5-2-6-16(8-7-15)23(18,19)11-3-4-12-13(9-11)22-10-21-12/h3-4,9H,2,5-8,10H2,1H3. The number of carbonyl (C=O) groups is 1. The van der Waals surface area contributed by atoms with Crippen molar-refractivity contribution in [1.82, 2.24) is 9.21 Å². The summed E-state index contributed by atoms with van der Waals surface area (Å²) in [6.45, 7) is 1.45. The Kier molecular flexibility index (Phi) is 4.31. The molecule has 0 radical (unpaired) electrons. The summed E-state index contributed by atoms with van der Waals surface area (Å²) in [5, 5.41) is 0. The molecule has 1 amide bonds. The van der Waals surface area contributed by atoms with Gasteiger partial charge in [0.15, 0.2) is 11.5 Å². The predicted octanol–water partition coefficient (Wildman–Crippen LogP) is 0.878. The van der Waals surface area contributed by atoms with Crippen molar-refractivity contribution in [1.29, 1.82) is 0 Å². The van der Waals surface area contributed by atoms with Crippen molar-refractivity contribution in [2.75, 3.05) is 40.1 Å². The number of methoxy groups -OCH3 is 1. The number of amides is 1. The summed E-state index contributed by atoms with van der Waals surface area (Å²) in [5.41, 5.74) is 0. The molecule has 0 spiro atoms. The van der Waals surface area contributed by atoms with Gasteiger partial charge >= 0.3 is 6.09 Å². The van der Waals surface area contributed by atoms with Gasteiger partial charge in [-0.3, -0.25) is 0 Å². The van der Waals surface area contributed by atoms with Crippen molar-refractivity contribution >= 4 is 16.1 Å². The molecule has 126 valence electrons. The zero-order valence-electron chi connectivity index (χ0n) is 12.7. The fourth-order valence-corrected chi connectivity index (χ4v) is 4.12. The summed E-state index contributed by atoms with van der Waals surface area (Å²) in [6, 6.07) is 4.57. The highest BCUT2D eigenvalue weighted by atomic mass is 32.2. The van der Waals surface area contributed by atoms with Gasteiger partial charge in [0.25, 0.3) is 0 Å². The predicted molar refractivity (Wildman–Crippen MR) is 79.9 cm³/mol. The molecule has 1 fully saturated rings. The van der Waals surface area contributed by atoms with E-state index in [1.54, 1.807) is 6.07 Å². The Morgan fingerprint density at radius 2 is 1.91 bits per heavy atom. The van der Waals surface area contributed by atoms with Crippen LogP contribution >= 0.6 is 0 Å². The summed E-state index contributed by atoms with van der Waals surface area (Å²) >= 11 is 0. The number of fused-ring (bicyclic) bond motifs is 1. The first-order valence-corrected chi connectivity index (χ1v) is 8.69. The van der Waals surface area contributed by atoms with Gasteiger partial charge in [-0.15, -0.1) is 0 Å². The highest BCUT2D eigenvalue weighted by Gasteiger charge is 2.29. The van der Waals surface area contributed by atoms with Crippen LogP contribution in [0.15, 0.2) is 23.1 Å². The van der Waals surface area contributed by atoms with Crippen LogP contribution in [0, 0.1) is 0 Å². The van der Waals surface area contributed by atoms with Gasteiger partial charge in [-0.25, -0.2) is 13.2 Å². The van der Waals surface area contributed by atoms with Crippen molar-refractivity contribution in [3.8, 4) is 11.5 Å². The van der Waals surface area contributed by atoms with E-state index in [1.165, 1.54) is 28.4 Å². The van der Waals surface area contributed by atoms with Crippen molar-refractivity contribution in [3.63, 3.8) is 0 Å². The summed E-state index contributed by atoms with van der Waals surface area (Å²) in [6.07, 6.45) is 0.117. The molecule has 0 N–H and O–H groups in total. The fraction of sp³-hybridized carbons (Fsp3) is 0.500. The molecule has 23 heavy (non-hydrogen) atoms. The van der Waals surface area contributed by atoms with E-state index in [2.05, 4.69) is 4.74 Å². The van der Waals surface area contributed by atoms with Gasteiger partial charge in [0.05, 0.1) is 12.0 Å². The molecule has 0 saturated carbocycles. The minimum Gasteiger partial charge on any atom is -0.454 e. The zero-order valence-corrected chi connectivity index (χ0v) is 13.5. The first kappa shape index (κ1) is 15.9. The monoisotopic (exact) mass is 342 g/mol. The number of sulfonamides is 1. The number of hydrogen-bond acceptors (Lipinski definition) is 6. The highest BCUT2D eigenvalue weighted by molar-refractivity contribution is 7.89. The lowest BCUT2D eigenvalue weighted by Crippen LogP contribution is -2.37. The van der Waals surface area contributed by atoms with E-state index in [4.69, 9.17) is 9.47 Å². The molecule has 2 aliphatic rings. The van der Waals surface area contributed by atoms with Crippen LogP contribution in [0.2, 0.25) is 0 Å². The molecule has 8 nitrogen and oxygen atoms in total. The van der Waals surface area contributed by atoms with Gasteiger partial charge in [0.1, 0.15) is 0 Å². The summed E-state index contributed by atoms with van der Waals surface area (Å²) < 4.78 is 42.1. The van der Waals surface area contributed by atoms with Crippen LogP contribution in [-0.2, 0) is 14.8 Å². The first-order valence-electron chi connectivity index (χ1n) is 7.25. The Bertz CT molecular complexity index is 705. The van der Waals surface area contributed by atoms with E-state index >= 15 is 0 Å². The number of nitrogens with zero attached hydrogens (tertiary/aromatic N) is 2. The van der Waals surface area contributed by atoms with Crippen molar-refractivity contribution in [3.05, 3.63) is 18.2 Å². The van der Waals surface area contributed by atoms with Crippen molar-refractivity contribution in [2.24, 2.45) is 0 Å². The molecule has 0 aromatic heterocycles. The molecule has 0 unspecified atom stereocenters. The Labute approximate surface area is 134 Å². The van der Waals surface area contributed by atoms with Crippen LogP contribution in [0.3, 0.4) is 0 Å². The van der Waals surface area contributed by atoms with E-state index in [9.17, 15) is 13.2 Å². The molecule has 9 heteroatoms. The Hall–Kier alpha value is -2.00. The second-order valence-electron chi connectivity index (χ2n) is 5.23. The number of carbonyl (C=O) groups excluding carboxylic acids is 1. The smallest absolute Gasteiger partial charge is 0.409 e. The number of ether oxygens (including phenoxy) is 3. The maximum atomic E-state index is 12.8. The summed E-state index contributed by atoms with van der Waals surface area (Å²) in [5.74, 6) is 0.966. The molecule has 1 saturated heterocycles. The topological polar surface area (TPSA) is 85.4 Å². The van der Waals surface area contributed by atoms with Crippen LogP contribution in [0.4, 0.5) is 4.79 Å². The maximum absolute atomic E-state index is 12.8. The molecule has 2 aliphatic heterocycles. The normalized spacial score (nSPS) is 18.6. The van der Waals surface area contributed by atoms with Crippen molar-refractivity contribution in [2.45, 2.75) is 11.3 Å². The molecule has 1 aromatic rings. The third kappa shape index (κ3) is 3.06. The van der Waals surface area contributed by atoms with Crippen LogP contribution in [-0.4, -0.2) is 63.8 Å². The van der Waals surface area contributed by atoms with E-state index in [1.807, 2.05) is 0 Å². The lowest BCUT2D eigenvalue weighted by Gasteiger charge is -2.21. The van der Waals surface area contributed by atoms with Crippen molar-refractivity contribution < 1.29 is 27.4 Å². The third-order valence-corrected chi connectivity index (χ3v) is 5.76. The lowest BCUT2D eigenvalue weighted by molar-refractivity contribution is 0.126. The quantitative estimate of drug-likeness (QED) is 0.793. The van der Waals surface area contributed by atoms with E-state index in [0.717, 1.165) is 0 Å².